The molecule has 2 N–H and O–H groups in total. The van der Waals surface area contributed by atoms with E-state index in [4.69, 9.17) is 0 Å². The van der Waals surface area contributed by atoms with Crippen molar-refractivity contribution in [2.24, 2.45) is 0 Å². The van der Waals surface area contributed by atoms with Crippen LogP contribution in [0.25, 0.3) is 0 Å². The first kappa shape index (κ1) is 23.8. The van der Waals surface area contributed by atoms with E-state index in [1.165, 1.54) is 18.7 Å². The van der Waals surface area contributed by atoms with Gasteiger partial charge in [0.2, 0.25) is 17.7 Å². The van der Waals surface area contributed by atoms with Crippen LogP contribution in [0.2, 0.25) is 0 Å². The zero-order valence-corrected chi connectivity index (χ0v) is 19.6. The van der Waals surface area contributed by atoms with Gasteiger partial charge in [-0.05, 0) is 51.0 Å². The molecule has 0 unspecified atom stereocenters. The second kappa shape index (κ2) is 11.1. The summed E-state index contributed by atoms with van der Waals surface area (Å²) in [7, 11) is 0. The minimum atomic E-state index is -0.396. The lowest BCUT2D eigenvalue weighted by atomic mass is 10.2. The Labute approximate surface area is 192 Å². The molecule has 10 heteroatoms. The predicted molar refractivity (Wildman–Crippen MR) is 124 cm³/mol. The molecule has 0 aliphatic carbocycles. The van der Waals surface area contributed by atoms with Gasteiger partial charge in [-0.2, -0.15) is 0 Å². The van der Waals surface area contributed by atoms with Gasteiger partial charge in [0.15, 0.2) is 11.0 Å². The summed E-state index contributed by atoms with van der Waals surface area (Å²) < 4.78 is 1.97. The van der Waals surface area contributed by atoms with Crippen LogP contribution >= 0.6 is 11.8 Å². The van der Waals surface area contributed by atoms with E-state index in [0.717, 1.165) is 31.6 Å². The average Bonchev–Trinajstić information content (AvgIpc) is 3.02. The van der Waals surface area contributed by atoms with Crippen molar-refractivity contribution in [2.75, 3.05) is 17.2 Å². The highest BCUT2D eigenvalue weighted by atomic mass is 32.2. The third-order valence-electron chi connectivity index (χ3n) is 5.24. The van der Waals surface area contributed by atoms with Gasteiger partial charge in [-0.1, -0.05) is 18.2 Å². The SMILES string of the molecule is CCn1c(CN2CCCCCC2=O)nnc1S[C@H](C)C(=O)Nc1ccc(NC(C)=O)cc1. The smallest absolute Gasteiger partial charge is 0.237 e. The average molecular weight is 459 g/mol. The Balaban J connectivity index is 1.61. The Morgan fingerprint density at radius 2 is 1.78 bits per heavy atom. The first-order valence-corrected chi connectivity index (χ1v) is 11.8. The first-order valence-electron chi connectivity index (χ1n) is 10.9. The zero-order valence-electron chi connectivity index (χ0n) is 18.8. The van der Waals surface area contributed by atoms with E-state index in [9.17, 15) is 14.4 Å². The van der Waals surface area contributed by atoms with Crippen LogP contribution in [0.5, 0.6) is 0 Å². The predicted octanol–water partition coefficient (Wildman–Crippen LogP) is 3.28. The van der Waals surface area contributed by atoms with Gasteiger partial charge in [0.25, 0.3) is 0 Å². The quantitative estimate of drug-likeness (QED) is 0.588. The molecule has 1 saturated heterocycles. The highest BCUT2D eigenvalue weighted by Gasteiger charge is 2.23. The lowest BCUT2D eigenvalue weighted by Crippen LogP contribution is -2.31. The van der Waals surface area contributed by atoms with Crippen LogP contribution in [0.4, 0.5) is 11.4 Å². The van der Waals surface area contributed by atoms with Gasteiger partial charge in [0, 0.05) is 37.8 Å². The van der Waals surface area contributed by atoms with E-state index < -0.39 is 5.25 Å². The van der Waals surface area contributed by atoms with Crippen molar-refractivity contribution in [1.29, 1.82) is 0 Å². The van der Waals surface area contributed by atoms with Gasteiger partial charge in [-0.15, -0.1) is 10.2 Å². The topological polar surface area (TPSA) is 109 Å². The first-order chi connectivity index (χ1) is 15.4. The van der Waals surface area contributed by atoms with Gasteiger partial charge in [-0.3, -0.25) is 14.4 Å². The summed E-state index contributed by atoms with van der Waals surface area (Å²) in [5, 5.41) is 14.4. The minimum absolute atomic E-state index is 0.147. The molecule has 9 nitrogen and oxygen atoms in total. The second-order valence-corrected chi connectivity index (χ2v) is 9.08. The molecule has 3 amide bonds. The van der Waals surface area contributed by atoms with Crippen molar-refractivity contribution >= 4 is 40.9 Å². The van der Waals surface area contributed by atoms with E-state index >= 15 is 0 Å². The van der Waals surface area contributed by atoms with Crippen LogP contribution in [-0.2, 0) is 27.5 Å². The molecule has 2 aromatic rings. The van der Waals surface area contributed by atoms with Gasteiger partial charge in [-0.25, -0.2) is 0 Å². The number of benzene rings is 1. The maximum atomic E-state index is 12.7. The molecule has 0 spiro atoms. The molecule has 2 heterocycles. The number of nitrogens with zero attached hydrogens (tertiary/aromatic N) is 4. The minimum Gasteiger partial charge on any atom is -0.335 e. The van der Waals surface area contributed by atoms with Crippen molar-refractivity contribution < 1.29 is 14.4 Å². The van der Waals surface area contributed by atoms with Crippen molar-refractivity contribution in [3.05, 3.63) is 30.1 Å². The number of anilines is 2. The summed E-state index contributed by atoms with van der Waals surface area (Å²) in [5.74, 6) is 0.606. The number of rotatable bonds is 8. The Bertz CT molecular complexity index is 959. The molecule has 1 atom stereocenters. The summed E-state index contributed by atoms with van der Waals surface area (Å²) in [5.41, 5.74) is 1.32. The second-order valence-electron chi connectivity index (χ2n) is 7.78. The van der Waals surface area contributed by atoms with E-state index in [1.54, 1.807) is 24.3 Å². The van der Waals surface area contributed by atoms with Crippen LogP contribution < -0.4 is 10.6 Å². The van der Waals surface area contributed by atoms with Crippen LogP contribution in [0.15, 0.2) is 29.4 Å². The molecule has 172 valence electrons. The lowest BCUT2D eigenvalue weighted by molar-refractivity contribution is -0.131. The summed E-state index contributed by atoms with van der Waals surface area (Å²) in [6, 6.07) is 6.95. The fourth-order valence-electron chi connectivity index (χ4n) is 3.51. The van der Waals surface area contributed by atoms with E-state index in [0.29, 0.717) is 36.0 Å². The molecule has 3 rings (SSSR count). The van der Waals surface area contributed by atoms with E-state index in [2.05, 4.69) is 20.8 Å². The lowest BCUT2D eigenvalue weighted by Gasteiger charge is -2.20. The normalized spacial score (nSPS) is 15.2. The third-order valence-corrected chi connectivity index (χ3v) is 6.32. The number of carbonyl (C=O) groups excluding carboxylic acids is 3. The van der Waals surface area contributed by atoms with Crippen LogP contribution in [0, 0.1) is 0 Å². The molecule has 1 aliphatic rings. The van der Waals surface area contributed by atoms with Gasteiger partial charge >= 0.3 is 0 Å². The summed E-state index contributed by atoms with van der Waals surface area (Å²) in [6.45, 7) is 7.12. The molecule has 0 saturated carbocycles. The molecule has 0 bridgehead atoms. The maximum absolute atomic E-state index is 12.7. The summed E-state index contributed by atoms with van der Waals surface area (Å²) in [6.07, 6.45) is 3.62. The Morgan fingerprint density at radius 1 is 1.09 bits per heavy atom. The molecule has 1 fully saturated rings. The molecular weight excluding hydrogens is 428 g/mol. The number of aromatic nitrogens is 3. The zero-order chi connectivity index (χ0) is 23.1. The Hall–Kier alpha value is -2.88. The molecule has 0 radical (unpaired) electrons. The number of thioether (sulfide) groups is 1. The number of hydrogen-bond donors (Lipinski definition) is 2. The molecule has 1 aromatic heterocycles. The summed E-state index contributed by atoms with van der Waals surface area (Å²) in [4.78, 5) is 38.0. The third kappa shape index (κ3) is 6.32. The number of amides is 3. The number of carbonyl (C=O) groups is 3. The van der Waals surface area contributed by atoms with Crippen LogP contribution in [0.3, 0.4) is 0 Å². The summed E-state index contributed by atoms with van der Waals surface area (Å²) >= 11 is 1.34. The van der Waals surface area contributed by atoms with Gasteiger partial charge < -0.3 is 20.1 Å². The highest BCUT2D eigenvalue weighted by Crippen LogP contribution is 2.25. The standard InChI is InChI=1S/C22H30N6O3S/c1-4-28-19(14-27-13-7-5-6-8-20(27)30)25-26-22(28)32-15(2)21(31)24-18-11-9-17(10-12-18)23-16(3)29/h9-12,15H,4-8,13-14H2,1-3H3,(H,23,29)(H,24,31)/t15-/m1/s1. The van der Waals surface area contributed by atoms with Gasteiger partial charge in [0.1, 0.15) is 0 Å². The largest absolute Gasteiger partial charge is 0.335 e. The van der Waals surface area contributed by atoms with Crippen LogP contribution in [-0.4, -0.2) is 49.2 Å². The number of hydrogen-bond acceptors (Lipinski definition) is 6. The molecule has 1 aliphatic heterocycles. The van der Waals surface area contributed by atoms with E-state index in [-0.39, 0.29) is 17.7 Å². The maximum Gasteiger partial charge on any atom is 0.237 e. The number of likely N-dealkylation sites (tertiary alicyclic amines) is 1. The van der Waals surface area contributed by atoms with E-state index in [1.807, 2.05) is 23.3 Å². The monoisotopic (exact) mass is 458 g/mol. The van der Waals surface area contributed by atoms with Gasteiger partial charge in [0.05, 0.1) is 11.8 Å². The fraction of sp³-hybridized carbons (Fsp3) is 0.500. The number of nitrogens with one attached hydrogen (secondary N) is 2. The molecule has 32 heavy (non-hydrogen) atoms. The van der Waals surface area contributed by atoms with Crippen molar-refractivity contribution in [3.63, 3.8) is 0 Å². The van der Waals surface area contributed by atoms with Crippen molar-refractivity contribution in [3.8, 4) is 0 Å². The highest BCUT2D eigenvalue weighted by molar-refractivity contribution is 8.00. The molecule has 1 aromatic carbocycles. The Kier molecular flexibility index (Phi) is 8.26. The van der Waals surface area contributed by atoms with Crippen molar-refractivity contribution in [2.45, 2.75) is 70.0 Å². The Morgan fingerprint density at radius 3 is 2.44 bits per heavy atom. The van der Waals surface area contributed by atoms with Crippen LogP contribution in [0.1, 0.15) is 52.3 Å². The van der Waals surface area contributed by atoms with Crippen molar-refractivity contribution in [1.82, 2.24) is 19.7 Å². The molecular formula is C22H30N6O3S. The fourth-order valence-corrected chi connectivity index (χ4v) is 4.44.